The Labute approximate surface area is 295 Å². The van der Waals surface area contributed by atoms with Crippen molar-refractivity contribution in [2.75, 3.05) is 68.5 Å². The van der Waals surface area contributed by atoms with Gasteiger partial charge in [0.25, 0.3) is 11.6 Å². The molecule has 0 N–H and O–H groups in total. The van der Waals surface area contributed by atoms with E-state index in [1.54, 1.807) is 38.0 Å². The maximum atomic E-state index is 13.6. The van der Waals surface area contributed by atoms with E-state index in [0.29, 0.717) is 0 Å². The summed E-state index contributed by atoms with van der Waals surface area (Å²) in [6, 6.07) is 5.40. The molecule has 50 heavy (non-hydrogen) atoms. The predicted molar refractivity (Wildman–Crippen MR) is 177 cm³/mol. The van der Waals surface area contributed by atoms with Gasteiger partial charge in [-0.2, -0.15) is 26.3 Å². The van der Waals surface area contributed by atoms with Gasteiger partial charge in [-0.1, -0.05) is 24.4 Å². The second kappa shape index (κ2) is 14.5. The summed E-state index contributed by atoms with van der Waals surface area (Å²) in [5, 5.41) is 0. The van der Waals surface area contributed by atoms with Gasteiger partial charge in [0, 0.05) is 40.0 Å². The van der Waals surface area contributed by atoms with Crippen molar-refractivity contribution in [3.8, 4) is 11.5 Å². The number of nitrogens with zero attached hydrogens (tertiary/aromatic N) is 4. The molecule has 0 bridgehead atoms. The number of hydrogen-bond acceptors (Lipinski definition) is 10. The Morgan fingerprint density at radius 3 is 1.36 bits per heavy atom. The highest BCUT2D eigenvalue weighted by Gasteiger charge is 2.48. The number of thiocarbonyl (C=S) groups is 2. The van der Waals surface area contributed by atoms with E-state index in [2.05, 4.69) is 0 Å². The van der Waals surface area contributed by atoms with E-state index >= 15 is 0 Å². The Bertz CT molecular complexity index is 1540. The van der Waals surface area contributed by atoms with Gasteiger partial charge in [-0.25, -0.2) is 9.59 Å². The number of rotatable bonds is 8. The molecule has 2 aromatic rings. The maximum absolute atomic E-state index is 13.6. The van der Waals surface area contributed by atoms with Crippen LogP contribution in [0.1, 0.15) is 35.1 Å². The topological polar surface area (TPSA) is 84.0 Å². The average molecular weight is 751 g/mol. The van der Waals surface area contributed by atoms with Crippen LogP contribution in [0.3, 0.4) is 0 Å². The first-order valence-electron chi connectivity index (χ1n) is 15.1. The summed E-state index contributed by atoms with van der Waals surface area (Å²) in [6.07, 6.45) is -9.45. The van der Waals surface area contributed by atoms with Crippen molar-refractivity contribution in [1.82, 2.24) is 19.6 Å². The van der Waals surface area contributed by atoms with E-state index in [1.165, 1.54) is 23.9 Å². The molecule has 18 heteroatoms. The lowest BCUT2D eigenvalue weighted by Crippen LogP contribution is -2.54. The molecule has 2 aliphatic rings. The lowest BCUT2D eigenvalue weighted by atomic mass is 10.1. The molecule has 0 amide bonds. The van der Waals surface area contributed by atoms with E-state index in [0.717, 1.165) is 36.4 Å². The van der Waals surface area contributed by atoms with Gasteiger partial charge in [0.05, 0.1) is 35.3 Å². The highest BCUT2D eigenvalue weighted by molar-refractivity contribution is 7.81. The van der Waals surface area contributed by atoms with Gasteiger partial charge in [0.15, 0.2) is 0 Å². The molecule has 274 valence electrons. The number of fused-ring (bicyclic) bond motifs is 2. The van der Waals surface area contributed by atoms with E-state index in [4.69, 9.17) is 43.4 Å². The molecule has 2 heterocycles. The molecule has 0 fully saturated rings. The monoisotopic (exact) mass is 750 g/mol. The minimum atomic E-state index is -4.67. The van der Waals surface area contributed by atoms with Crippen molar-refractivity contribution < 1.29 is 54.9 Å². The molecule has 2 aromatic carbocycles. The van der Waals surface area contributed by atoms with Gasteiger partial charge in [0.1, 0.15) is 21.5 Å². The molecule has 0 saturated heterocycles. The number of likely N-dealkylation sites (N-methyl/N-ethyl adjacent to an activating group) is 2. The van der Waals surface area contributed by atoms with Gasteiger partial charge < -0.3 is 38.5 Å². The molecule has 0 radical (unpaired) electrons. The first kappa shape index (κ1) is 39.1. The molecule has 2 unspecified atom stereocenters. The van der Waals surface area contributed by atoms with Crippen LogP contribution in [0.15, 0.2) is 36.4 Å². The number of halogens is 6. The number of esters is 2. The maximum Gasteiger partial charge on any atom is 0.420 e. The van der Waals surface area contributed by atoms with Gasteiger partial charge in [-0.15, -0.1) is 0 Å². The lowest BCUT2D eigenvalue weighted by Gasteiger charge is -2.37. The van der Waals surface area contributed by atoms with Crippen LogP contribution < -0.4 is 9.47 Å². The Morgan fingerprint density at radius 1 is 0.720 bits per heavy atom. The molecular weight excluding hydrogens is 714 g/mol. The zero-order valence-corrected chi connectivity index (χ0v) is 29.7. The Morgan fingerprint density at radius 2 is 1.06 bits per heavy atom. The minimum Gasteiger partial charge on any atom is -0.450 e. The third kappa shape index (κ3) is 8.94. The molecule has 4 rings (SSSR count). The number of hydrogen-bond donors (Lipinski definition) is 0. The highest BCUT2D eigenvalue weighted by Crippen LogP contribution is 2.39. The van der Waals surface area contributed by atoms with Crippen molar-refractivity contribution in [2.45, 2.75) is 36.8 Å². The summed E-state index contributed by atoms with van der Waals surface area (Å²) < 4.78 is 105. The van der Waals surface area contributed by atoms with Gasteiger partial charge >= 0.3 is 24.3 Å². The molecule has 0 spiro atoms. The fourth-order valence-electron chi connectivity index (χ4n) is 5.35. The number of benzene rings is 2. The fraction of sp³-hybridized carbons (Fsp3) is 0.500. The molecule has 0 saturated carbocycles. The highest BCUT2D eigenvalue weighted by atomic mass is 32.1. The summed E-state index contributed by atoms with van der Waals surface area (Å²) >= 11 is 10.9. The second-order valence-electron chi connectivity index (χ2n) is 12.7. The molecule has 2 atom stereocenters. The average Bonchev–Trinajstić information content (AvgIpc) is 3.17. The van der Waals surface area contributed by atoms with Crippen molar-refractivity contribution in [1.29, 1.82) is 0 Å². The van der Waals surface area contributed by atoms with Crippen molar-refractivity contribution in [2.24, 2.45) is 0 Å². The first-order valence-corrected chi connectivity index (χ1v) is 15.9. The van der Waals surface area contributed by atoms with E-state index in [-0.39, 0.29) is 71.6 Å². The number of alkyl halides is 6. The normalized spacial score (nSPS) is 21.2. The van der Waals surface area contributed by atoms with E-state index in [9.17, 15) is 35.9 Å². The number of carbonyl (C=O) groups excluding carboxylic acids is 2. The van der Waals surface area contributed by atoms with Gasteiger partial charge in [0.2, 0.25) is 0 Å². The van der Waals surface area contributed by atoms with Crippen molar-refractivity contribution >= 4 is 46.4 Å². The third-order valence-electron chi connectivity index (χ3n) is 7.92. The Balaban J connectivity index is 1.69. The summed E-state index contributed by atoms with van der Waals surface area (Å²) in [5.74, 6) is -7.13. The standard InChI is InChI=1S/C32H36F6N4O6S2/c1-39(2)13-11-29(17-41(5)25(49)21-15-19(31(33,34)35)7-9-23(21)45-29)47-27(43)28(44)48-30(12-14-40(3)4)18-42(6)26(50)22-16-20(32(36,37)38)8-10-24(22)46-30/h7-10,15-16H,11-14,17-18H2,1-6H3. The van der Waals surface area contributed by atoms with Crippen molar-refractivity contribution in [3.63, 3.8) is 0 Å². The number of ether oxygens (including phenoxy) is 4. The largest absolute Gasteiger partial charge is 0.450 e. The van der Waals surface area contributed by atoms with Gasteiger partial charge in [-0.3, -0.25) is 0 Å². The molecule has 2 aliphatic heterocycles. The van der Waals surface area contributed by atoms with Crippen LogP contribution in [0, 0.1) is 0 Å². The predicted octanol–water partition coefficient (Wildman–Crippen LogP) is 4.81. The zero-order chi connectivity index (χ0) is 37.4. The number of carbonyl (C=O) groups is 2. The van der Waals surface area contributed by atoms with Crippen LogP contribution in [0.5, 0.6) is 11.5 Å². The Kier molecular flexibility index (Phi) is 11.3. The molecular formula is C32H36F6N4O6S2. The van der Waals surface area contributed by atoms with Crippen LogP contribution in [-0.2, 0) is 31.4 Å². The summed E-state index contributed by atoms with van der Waals surface area (Å²) in [7, 11) is 9.88. The molecule has 0 aliphatic carbocycles. The molecule has 0 aromatic heterocycles. The van der Waals surface area contributed by atoms with Crippen LogP contribution in [-0.4, -0.2) is 122 Å². The minimum absolute atomic E-state index is 0.0164. The smallest absolute Gasteiger partial charge is 0.420 e. The van der Waals surface area contributed by atoms with Crippen LogP contribution in [0.2, 0.25) is 0 Å². The fourth-order valence-corrected chi connectivity index (χ4v) is 5.79. The van der Waals surface area contributed by atoms with Crippen molar-refractivity contribution in [3.05, 3.63) is 58.7 Å². The summed E-state index contributed by atoms with van der Waals surface area (Å²) in [6.45, 7) is -0.0622. The van der Waals surface area contributed by atoms with Crippen LogP contribution in [0.25, 0.3) is 0 Å². The van der Waals surface area contributed by atoms with Crippen LogP contribution in [0.4, 0.5) is 26.3 Å². The van der Waals surface area contributed by atoms with E-state index in [1.807, 2.05) is 0 Å². The lowest BCUT2D eigenvalue weighted by molar-refractivity contribution is -0.227. The van der Waals surface area contributed by atoms with Crippen LogP contribution >= 0.6 is 24.4 Å². The van der Waals surface area contributed by atoms with Gasteiger partial charge in [-0.05, 0) is 64.6 Å². The zero-order valence-electron chi connectivity index (χ0n) is 28.0. The van der Waals surface area contributed by atoms with E-state index < -0.39 is 47.0 Å². The second-order valence-corrected chi connectivity index (χ2v) is 13.4. The summed E-state index contributed by atoms with van der Waals surface area (Å²) in [5.41, 5.74) is -2.07. The quantitative estimate of drug-likeness (QED) is 0.161. The first-order chi connectivity index (χ1) is 23.0. The summed E-state index contributed by atoms with van der Waals surface area (Å²) in [4.78, 5) is 33.5. The SMILES string of the molecule is CN(C)CCC1(OC(=O)C(=O)OC2(CCN(C)C)CN(C)C(=S)c3cc(C(F)(F)F)ccc3O2)CN(C)C(=S)c2cc(C(F)(F)F)ccc2O1. The Hall–Kier alpha value is -3.74. The third-order valence-corrected chi connectivity index (χ3v) is 8.98. The molecule has 10 nitrogen and oxygen atoms in total.